The highest BCUT2D eigenvalue weighted by molar-refractivity contribution is 6.30. The Morgan fingerprint density at radius 3 is 3.00 bits per heavy atom. The lowest BCUT2D eigenvalue weighted by Crippen LogP contribution is -2.11. The maximum atomic E-state index is 8.93. The molecule has 3 nitrogen and oxygen atoms in total. The van der Waals surface area contributed by atoms with Gasteiger partial charge in [0.2, 0.25) is 0 Å². The molecule has 0 bridgehead atoms. The Balaban J connectivity index is 2.42. The third kappa shape index (κ3) is 4.90. The van der Waals surface area contributed by atoms with Gasteiger partial charge in [0.1, 0.15) is 6.07 Å². The number of anilines is 1. The Morgan fingerprint density at radius 1 is 1.59 bits per heavy atom. The highest BCUT2D eigenvalue weighted by Gasteiger charge is 2.01. The molecule has 0 unspecified atom stereocenters. The summed E-state index contributed by atoms with van der Waals surface area (Å²) in [4.78, 5) is 0. The number of nitrogens with one attached hydrogen (secondary N) is 1. The maximum absolute atomic E-state index is 8.93. The summed E-state index contributed by atoms with van der Waals surface area (Å²) < 4.78 is 5.34. The van der Waals surface area contributed by atoms with Crippen LogP contribution in [0.5, 0.6) is 0 Å². The zero-order valence-corrected chi connectivity index (χ0v) is 10.5. The van der Waals surface area contributed by atoms with Crippen molar-refractivity contribution in [1.82, 2.24) is 0 Å². The van der Waals surface area contributed by atoms with Gasteiger partial charge in [-0.1, -0.05) is 23.8 Å². The van der Waals surface area contributed by atoms with Crippen molar-refractivity contribution in [1.29, 1.82) is 5.26 Å². The molecule has 17 heavy (non-hydrogen) atoms. The van der Waals surface area contributed by atoms with Gasteiger partial charge in [-0.25, -0.2) is 0 Å². The van der Waals surface area contributed by atoms with E-state index in [1.54, 1.807) is 18.2 Å². The zero-order chi connectivity index (χ0) is 12.7. The van der Waals surface area contributed by atoms with Crippen LogP contribution in [0.4, 0.5) is 5.69 Å². The lowest BCUT2D eigenvalue weighted by molar-refractivity contribution is 0.167. The van der Waals surface area contributed by atoms with E-state index in [4.69, 9.17) is 21.6 Å². The molecule has 1 N–H and O–H groups in total. The van der Waals surface area contributed by atoms with Crippen molar-refractivity contribution < 1.29 is 4.74 Å². The number of nitriles is 1. The van der Waals surface area contributed by atoms with Gasteiger partial charge in [0, 0.05) is 11.6 Å². The summed E-state index contributed by atoms with van der Waals surface area (Å²) in [7, 11) is 0. The number of ether oxygens (including phenoxy) is 1. The molecule has 4 heteroatoms. The summed E-state index contributed by atoms with van der Waals surface area (Å²) in [6.07, 6.45) is 0. The highest BCUT2D eigenvalue weighted by atomic mass is 35.5. The molecule has 0 radical (unpaired) electrons. The Morgan fingerprint density at radius 2 is 2.35 bits per heavy atom. The van der Waals surface area contributed by atoms with Crippen LogP contribution in [0.2, 0.25) is 5.02 Å². The molecule has 0 saturated heterocycles. The van der Waals surface area contributed by atoms with Crippen LogP contribution < -0.4 is 5.32 Å². The monoisotopic (exact) mass is 250 g/mol. The minimum atomic E-state index is 0.539. The first-order valence-corrected chi connectivity index (χ1v) is 5.67. The van der Waals surface area contributed by atoms with Crippen LogP contribution in [-0.2, 0) is 4.74 Å². The molecule has 0 spiro atoms. The van der Waals surface area contributed by atoms with E-state index in [2.05, 4.69) is 18.0 Å². The average Bonchev–Trinajstić information content (AvgIpc) is 2.29. The third-order valence-corrected chi connectivity index (χ3v) is 2.25. The Bertz CT molecular complexity index is 438. The van der Waals surface area contributed by atoms with Gasteiger partial charge in [-0.3, -0.25) is 0 Å². The zero-order valence-electron chi connectivity index (χ0n) is 9.79. The second kappa shape index (κ2) is 6.95. The normalized spacial score (nSPS) is 9.71. The molecular weight excluding hydrogens is 236 g/mol. The fourth-order valence-corrected chi connectivity index (χ4v) is 1.44. The molecule has 0 aliphatic carbocycles. The number of nitrogens with zero attached hydrogens (tertiary/aromatic N) is 1. The molecule has 1 aromatic carbocycles. The first kappa shape index (κ1) is 13.6. The predicted octanol–water partition coefficient (Wildman–Crippen LogP) is 3.22. The molecular formula is C13H15ClN2O. The smallest absolute Gasteiger partial charge is 0.101 e. The van der Waals surface area contributed by atoms with Gasteiger partial charge in [0.15, 0.2) is 0 Å². The Labute approximate surface area is 107 Å². The second-order valence-corrected chi connectivity index (χ2v) is 4.17. The number of hydrogen-bond donors (Lipinski definition) is 1. The van der Waals surface area contributed by atoms with Crippen LogP contribution in [0.1, 0.15) is 12.5 Å². The topological polar surface area (TPSA) is 45.0 Å². The fourth-order valence-electron chi connectivity index (χ4n) is 1.27. The first-order chi connectivity index (χ1) is 8.13. The fraction of sp³-hybridized carbons (Fsp3) is 0.308. The van der Waals surface area contributed by atoms with E-state index in [1.165, 1.54) is 0 Å². The van der Waals surface area contributed by atoms with Gasteiger partial charge in [-0.2, -0.15) is 5.26 Å². The summed E-state index contributed by atoms with van der Waals surface area (Å²) in [6, 6.07) is 7.27. The highest BCUT2D eigenvalue weighted by Crippen LogP contribution is 2.19. The van der Waals surface area contributed by atoms with Crippen molar-refractivity contribution in [3.8, 4) is 6.07 Å². The molecule has 0 aliphatic rings. The molecule has 0 amide bonds. The summed E-state index contributed by atoms with van der Waals surface area (Å²) in [6.45, 7) is 7.44. The van der Waals surface area contributed by atoms with Crippen LogP contribution in [0.15, 0.2) is 30.4 Å². The third-order valence-electron chi connectivity index (χ3n) is 2.01. The molecule has 0 aromatic heterocycles. The van der Waals surface area contributed by atoms with Crippen molar-refractivity contribution in [2.24, 2.45) is 0 Å². The van der Waals surface area contributed by atoms with Crippen LogP contribution >= 0.6 is 11.6 Å². The van der Waals surface area contributed by atoms with Crippen molar-refractivity contribution in [2.45, 2.75) is 6.92 Å². The lowest BCUT2D eigenvalue weighted by atomic mass is 10.2. The van der Waals surface area contributed by atoms with Gasteiger partial charge >= 0.3 is 0 Å². The van der Waals surface area contributed by atoms with E-state index in [9.17, 15) is 0 Å². The van der Waals surface area contributed by atoms with Crippen molar-refractivity contribution in [3.05, 3.63) is 40.9 Å². The number of benzene rings is 1. The molecule has 0 aliphatic heterocycles. The summed E-state index contributed by atoms with van der Waals surface area (Å²) in [5.74, 6) is 0. The van der Waals surface area contributed by atoms with Crippen LogP contribution in [0, 0.1) is 11.3 Å². The van der Waals surface area contributed by atoms with Crippen molar-refractivity contribution >= 4 is 17.3 Å². The first-order valence-electron chi connectivity index (χ1n) is 5.29. The summed E-state index contributed by atoms with van der Waals surface area (Å²) >= 11 is 5.80. The van der Waals surface area contributed by atoms with E-state index >= 15 is 0 Å². The second-order valence-electron chi connectivity index (χ2n) is 3.74. The maximum Gasteiger partial charge on any atom is 0.101 e. The standard InChI is InChI=1S/C13H15ClN2O/c1-10(2)9-17-6-5-16-13-4-3-12(14)7-11(13)8-15/h3-4,7,16H,1,5-6,9H2,2H3. The average molecular weight is 251 g/mol. The molecule has 1 aromatic rings. The molecule has 0 atom stereocenters. The minimum Gasteiger partial charge on any atom is -0.382 e. The minimum absolute atomic E-state index is 0.539. The predicted molar refractivity (Wildman–Crippen MR) is 70.3 cm³/mol. The van der Waals surface area contributed by atoms with Crippen LogP contribution in [0.25, 0.3) is 0 Å². The molecule has 0 saturated carbocycles. The quantitative estimate of drug-likeness (QED) is 0.623. The molecule has 1 rings (SSSR count). The number of rotatable bonds is 6. The van der Waals surface area contributed by atoms with Crippen molar-refractivity contribution in [3.63, 3.8) is 0 Å². The van der Waals surface area contributed by atoms with E-state index < -0.39 is 0 Å². The van der Waals surface area contributed by atoms with Gasteiger partial charge in [0.05, 0.1) is 24.5 Å². The number of halogens is 1. The largest absolute Gasteiger partial charge is 0.382 e. The Hall–Kier alpha value is -1.50. The summed E-state index contributed by atoms with van der Waals surface area (Å²) in [5, 5.41) is 12.6. The van der Waals surface area contributed by atoms with Gasteiger partial charge < -0.3 is 10.1 Å². The lowest BCUT2D eigenvalue weighted by Gasteiger charge is -2.09. The summed E-state index contributed by atoms with van der Waals surface area (Å²) in [5.41, 5.74) is 2.31. The van der Waals surface area contributed by atoms with Gasteiger partial charge in [-0.05, 0) is 25.1 Å². The Kier molecular flexibility index (Phi) is 5.55. The molecule has 0 fully saturated rings. The van der Waals surface area contributed by atoms with E-state index in [-0.39, 0.29) is 0 Å². The van der Waals surface area contributed by atoms with Gasteiger partial charge in [0.25, 0.3) is 0 Å². The number of hydrogen-bond acceptors (Lipinski definition) is 3. The van der Waals surface area contributed by atoms with Crippen LogP contribution in [-0.4, -0.2) is 19.8 Å². The molecule has 90 valence electrons. The van der Waals surface area contributed by atoms with E-state index in [1.807, 2.05) is 6.92 Å². The van der Waals surface area contributed by atoms with E-state index in [0.29, 0.717) is 30.3 Å². The van der Waals surface area contributed by atoms with Crippen LogP contribution in [0.3, 0.4) is 0 Å². The van der Waals surface area contributed by atoms with Crippen molar-refractivity contribution in [2.75, 3.05) is 25.1 Å². The SMILES string of the molecule is C=C(C)COCCNc1ccc(Cl)cc1C#N. The van der Waals surface area contributed by atoms with Gasteiger partial charge in [-0.15, -0.1) is 0 Å². The van der Waals surface area contributed by atoms with E-state index in [0.717, 1.165) is 11.3 Å². The molecule has 0 heterocycles.